The highest BCUT2D eigenvalue weighted by molar-refractivity contribution is 5.92. The molecule has 1 heterocycles. The molecular formula is C16H22O4. The monoisotopic (exact) mass is 278 g/mol. The van der Waals surface area contributed by atoms with E-state index in [1.807, 2.05) is 6.08 Å². The fourth-order valence-electron chi connectivity index (χ4n) is 3.22. The van der Waals surface area contributed by atoms with E-state index >= 15 is 0 Å². The number of aliphatic hydroxyl groups is 1. The van der Waals surface area contributed by atoms with Crippen molar-refractivity contribution in [1.29, 1.82) is 0 Å². The zero-order chi connectivity index (χ0) is 14.9. The molecule has 1 N–H and O–H groups in total. The summed E-state index contributed by atoms with van der Waals surface area (Å²) in [6.07, 6.45) is 3.84. The van der Waals surface area contributed by atoms with E-state index in [0.29, 0.717) is 12.0 Å². The fourth-order valence-corrected chi connectivity index (χ4v) is 3.22. The Hall–Kier alpha value is -1.42. The number of ketones is 1. The molecule has 0 saturated carbocycles. The second-order valence-electron chi connectivity index (χ2n) is 5.88. The molecule has 20 heavy (non-hydrogen) atoms. The maximum absolute atomic E-state index is 11.9. The van der Waals surface area contributed by atoms with Gasteiger partial charge in [0, 0.05) is 12.0 Å². The van der Waals surface area contributed by atoms with Crippen LogP contribution in [0.4, 0.5) is 0 Å². The number of ether oxygens (including phenoxy) is 1. The first-order valence-corrected chi connectivity index (χ1v) is 7.22. The molecule has 0 aromatic carbocycles. The van der Waals surface area contributed by atoms with Crippen molar-refractivity contribution in [3.63, 3.8) is 0 Å². The van der Waals surface area contributed by atoms with Gasteiger partial charge in [0.2, 0.25) is 0 Å². The molecule has 1 fully saturated rings. The van der Waals surface area contributed by atoms with Crippen LogP contribution in [0.1, 0.15) is 33.1 Å². The maximum Gasteiger partial charge on any atom is 0.334 e. The molecule has 110 valence electrons. The lowest BCUT2D eigenvalue weighted by atomic mass is 9.79. The number of allylic oxidation sites excluding steroid dienone is 2. The van der Waals surface area contributed by atoms with Crippen molar-refractivity contribution in [3.05, 3.63) is 24.3 Å². The van der Waals surface area contributed by atoms with E-state index in [1.165, 1.54) is 0 Å². The summed E-state index contributed by atoms with van der Waals surface area (Å²) in [7, 11) is 0. The van der Waals surface area contributed by atoms with Crippen LogP contribution in [-0.4, -0.2) is 29.1 Å². The van der Waals surface area contributed by atoms with Crippen molar-refractivity contribution in [1.82, 2.24) is 0 Å². The largest absolute Gasteiger partial charge is 0.458 e. The molecular weight excluding hydrogens is 256 g/mol. The minimum Gasteiger partial charge on any atom is -0.458 e. The molecule has 0 aromatic heterocycles. The molecule has 1 aliphatic heterocycles. The summed E-state index contributed by atoms with van der Waals surface area (Å²) in [5, 5.41) is 10.2. The van der Waals surface area contributed by atoms with Crippen molar-refractivity contribution in [3.8, 4) is 0 Å². The molecule has 0 radical (unpaired) electrons. The van der Waals surface area contributed by atoms with E-state index in [0.717, 1.165) is 6.42 Å². The summed E-state index contributed by atoms with van der Waals surface area (Å²) in [5.74, 6) is -0.462. The number of esters is 1. The summed E-state index contributed by atoms with van der Waals surface area (Å²) >= 11 is 0. The Morgan fingerprint density at radius 2 is 2.15 bits per heavy atom. The molecule has 0 aromatic rings. The van der Waals surface area contributed by atoms with Gasteiger partial charge in [-0.1, -0.05) is 26.5 Å². The van der Waals surface area contributed by atoms with Crippen molar-refractivity contribution < 1.29 is 19.4 Å². The molecule has 4 nitrogen and oxygen atoms in total. The third-order valence-electron chi connectivity index (χ3n) is 4.48. The first-order chi connectivity index (χ1) is 9.43. The number of carbonyl (C=O) groups is 2. The van der Waals surface area contributed by atoms with Crippen LogP contribution in [-0.2, 0) is 14.3 Å². The summed E-state index contributed by atoms with van der Waals surface area (Å²) in [6.45, 7) is 7.88. The number of carbonyl (C=O) groups excluding carboxylic acids is 2. The Kier molecular flexibility index (Phi) is 4.43. The highest BCUT2D eigenvalue weighted by atomic mass is 16.6. The van der Waals surface area contributed by atoms with Crippen molar-refractivity contribution >= 4 is 11.8 Å². The van der Waals surface area contributed by atoms with Crippen LogP contribution in [0.2, 0.25) is 0 Å². The first kappa shape index (κ1) is 15.0. The smallest absolute Gasteiger partial charge is 0.334 e. The topological polar surface area (TPSA) is 63.6 Å². The highest BCUT2D eigenvalue weighted by Crippen LogP contribution is 2.37. The summed E-state index contributed by atoms with van der Waals surface area (Å²) in [5.41, 5.74) is 0.292. The lowest BCUT2D eigenvalue weighted by Crippen LogP contribution is -2.33. The van der Waals surface area contributed by atoms with Gasteiger partial charge in [-0.15, -0.1) is 0 Å². The second-order valence-corrected chi connectivity index (χ2v) is 5.88. The van der Waals surface area contributed by atoms with Crippen LogP contribution in [0.3, 0.4) is 0 Å². The highest BCUT2D eigenvalue weighted by Gasteiger charge is 2.44. The van der Waals surface area contributed by atoms with Crippen molar-refractivity contribution in [2.45, 2.75) is 45.3 Å². The summed E-state index contributed by atoms with van der Waals surface area (Å²) in [4.78, 5) is 23.5. The minimum atomic E-state index is -0.901. The molecule has 1 saturated heterocycles. The Labute approximate surface area is 119 Å². The molecule has 2 rings (SSSR count). The molecule has 0 bridgehead atoms. The SMILES string of the molecule is C=C1C(=O)O[C@@H]2C[C@@H](C)[C@@H](CC)/C=C\C(=O)C[C@@H](O)[C@H]12. The van der Waals surface area contributed by atoms with Crippen LogP contribution in [0.25, 0.3) is 0 Å². The third kappa shape index (κ3) is 2.85. The molecule has 5 atom stereocenters. The van der Waals surface area contributed by atoms with Gasteiger partial charge in [-0.3, -0.25) is 4.79 Å². The van der Waals surface area contributed by atoms with E-state index in [9.17, 15) is 14.7 Å². The van der Waals surface area contributed by atoms with Crippen LogP contribution >= 0.6 is 0 Å². The normalized spacial score (nSPS) is 40.1. The quantitative estimate of drug-likeness (QED) is 0.589. The lowest BCUT2D eigenvalue weighted by molar-refractivity contribution is -0.140. The van der Waals surface area contributed by atoms with Gasteiger partial charge in [-0.2, -0.15) is 0 Å². The van der Waals surface area contributed by atoms with Gasteiger partial charge in [0.05, 0.1) is 12.0 Å². The molecule has 0 amide bonds. The number of fused-ring (bicyclic) bond motifs is 1. The molecule has 4 heteroatoms. The van der Waals surface area contributed by atoms with E-state index < -0.39 is 18.0 Å². The van der Waals surface area contributed by atoms with Gasteiger partial charge in [0.15, 0.2) is 5.78 Å². The van der Waals surface area contributed by atoms with Crippen LogP contribution in [0, 0.1) is 17.8 Å². The standard InChI is InChI=1S/C16H22O4/c1-4-11-5-6-12(17)8-13(18)15-10(3)16(19)20-14(15)7-9(11)2/h5-6,9,11,13-15,18H,3-4,7-8H2,1-2H3/b6-5-/t9-,11+,13-,14-,15+/m1/s1. The molecule has 1 aliphatic carbocycles. The Balaban J connectivity index is 2.30. The zero-order valence-electron chi connectivity index (χ0n) is 12.0. The molecule has 0 unspecified atom stereocenters. The van der Waals surface area contributed by atoms with E-state index in [-0.39, 0.29) is 30.1 Å². The van der Waals surface area contributed by atoms with Crippen molar-refractivity contribution in [2.24, 2.45) is 17.8 Å². The van der Waals surface area contributed by atoms with E-state index in [2.05, 4.69) is 20.4 Å². The number of aliphatic hydroxyl groups excluding tert-OH is 1. The predicted octanol–water partition coefficient (Wildman–Crippen LogP) is 2.03. The number of rotatable bonds is 1. The minimum absolute atomic E-state index is 0.0120. The number of hydrogen-bond donors (Lipinski definition) is 1. The Morgan fingerprint density at radius 1 is 1.45 bits per heavy atom. The predicted molar refractivity (Wildman–Crippen MR) is 74.8 cm³/mol. The first-order valence-electron chi connectivity index (χ1n) is 7.22. The van der Waals surface area contributed by atoms with Gasteiger partial charge in [-0.05, 0) is 30.8 Å². The fraction of sp³-hybridized carbons (Fsp3) is 0.625. The van der Waals surface area contributed by atoms with Gasteiger partial charge >= 0.3 is 5.97 Å². The van der Waals surface area contributed by atoms with Gasteiger partial charge in [-0.25, -0.2) is 4.79 Å². The van der Waals surface area contributed by atoms with Gasteiger partial charge < -0.3 is 9.84 Å². The average Bonchev–Trinajstić information content (AvgIpc) is 2.64. The van der Waals surface area contributed by atoms with Crippen LogP contribution in [0.5, 0.6) is 0 Å². The Bertz CT molecular complexity index is 451. The Morgan fingerprint density at radius 3 is 2.80 bits per heavy atom. The van der Waals surface area contributed by atoms with Gasteiger partial charge in [0.25, 0.3) is 0 Å². The van der Waals surface area contributed by atoms with Crippen molar-refractivity contribution in [2.75, 3.05) is 0 Å². The summed E-state index contributed by atoms with van der Waals surface area (Å²) in [6, 6.07) is 0. The van der Waals surface area contributed by atoms with Gasteiger partial charge in [0.1, 0.15) is 6.10 Å². The average molecular weight is 278 g/mol. The zero-order valence-corrected chi connectivity index (χ0v) is 12.0. The van der Waals surface area contributed by atoms with E-state index in [1.54, 1.807) is 6.08 Å². The molecule has 0 spiro atoms. The second kappa shape index (κ2) is 5.92. The lowest BCUT2D eigenvalue weighted by Gasteiger charge is -2.28. The van der Waals surface area contributed by atoms with E-state index in [4.69, 9.17) is 4.74 Å². The van der Waals surface area contributed by atoms with Crippen LogP contribution in [0.15, 0.2) is 24.3 Å². The summed E-state index contributed by atoms with van der Waals surface area (Å²) < 4.78 is 5.34. The van der Waals surface area contributed by atoms with Crippen LogP contribution < -0.4 is 0 Å². The third-order valence-corrected chi connectivity index (χ3v) is 4.48. The number of hydrogen-bond acceptors (Lipinski definition) is 4. The maximum atomic E-state index is 11.9. The molecule has 2 aliphatic rings.